The molecule has 0 bridgehead atoms. The van der Waals surface area contributed by atoms with Gasteiger partial charge in [-0.25, -0.2) is 9.07 Å². The summed E-state index contributed by atoms with van der Waals surface area (Å²) < 4.78 is 21.8. The molecule has 1 fully saturated rings. The number of aromatic nitrogens is 2. The van der Waals surface area contributed by atoms with E-state index in [1.807, 2.05) is 19.2 Å². The van der Waals surface area contributed by atoms with Crippen molar-refractivity contribution in [2.75, 3.05) is 30.3 Å². The number of hydrogen-bond donors (Lipinski definition) is 2. The van der Waals surface area contributed by atoms with Crippen molar-refractivity contribution in [1.82, 2.24) is 15.1 Å². The molecule has 1 aromatic carbocycles. The van der Waals surface area contributed by atoms with E-state index in [9.17, 15) is 4.39 Å². The van der Waals surface area contributed by atoms with E-state index < -0.39 is 8.07 Å². The zero-order chi connectivity index (χ0) is 21.7. The Hall–Kier alpha value is -1.90. The van der Waals surface area contributed by atoms with Crippen LogP contribution in [0.15, 0.2) is 24.4 Å². The van der Waals surface area contributed by atoms with Crippen LogP contribution >= 0.6 is 0 Å². The molecule has 0 spiro atoms. The van der Waals surface area contributed by atoms with Gasteiger partial charge in [-0.15, -0.1) is 0 Å². The van der Waals surface area contributed by atoms with Gasteiger partial charge < -0.3 is 20.7 Å². The monoisotopic (exact) mass is 433 g/mol. The predicted octanol–water partition coefficient (Wildman–Crippen LogP) is 3.98. The maximum absolute atomic E-state index is 14.2. The second-order valence-corrected chi connectivity index (χ2v) is 15.1. The van der Waals surface area contributed by atoms with Crippen LogP contribution in [0.5, 0.6) is 0 Å². The lowest BCUT2D eigenvalue weighted by atomic mass is 10.0. The molecule has 1 aliphatic rings. The van der Waals surface area contributed by atoms with Crippen LogP contribution in [0.2, 0.25) is 25.7 Å². The number of nitrogens with two attached hydrogens (primary N) is 1. The first-order valence-electron chi connectivity index (χ1n) is 10.9. The molecule has 166 valence electrons. The Kier molecular flexibility index (Phi) is 7.54. The molecule has 1 aliphatic heterocycles. The number of hydrogen-bond acceptors (Lipinski definition) is 5. The van der Waals surface area contributed by atoms with Gasteiger partial charge in [0.1, 0.15) is 18.4 Å². The first-order chi connectivity index (χ1) is 14.2. The van der Waals surface area contributed by atoms with Gasteiger partial charge >= 0.3 is 0 Å². The molecule has 6 nitrogen and oxygen atoms in total. The number of halogens is 1. The Bertz CT molecular complexity index is 807. The molecule has 1 aromatic heterocycles. The number of nitrogen functional groups attached to an aromatic ring is 1. The van der Waals surface area contributed by atoms with Crippen LogP contribution in [0.1, 0.15) is 24.0 Å². The molecule has 0 saturated carbocycles. The number of ether oxygens (including phenoxy) is 1. The number of piperidine rings is 1. The summed E-state index contributed by atoms with van der Waals surface area (Å²) in [6.07, 6.45) is 3.91. The van der Waals surface area contributed by atoms with Gasteiger partial charge in [-0.2, -0.15) is 5.10 Å². The van der Waals surface area contributed by atoms with E-state index in [0.29, 0.717) is 25.1 Å². The highest BCUT2D eigenvalue weighted by Gasteiger charge is 2.22. The van der Waals surface area contributed by atoms with Crippen molar-refractivity contribution in [3.63, 3.8) is 0 Å². The number of benzene rings is 1. The molecule has 1 saturated heterocycles. The molecule has 30 heavy (non-hydrogen) atoms. The minimum absolute atomic E-state index is 0.131. The maximum atomic E-state index is 14.2. The van der Waals surface area contributed by atoms with Crippen molar-refractivity contribution in [3.8, 4) is 0 Å². The number of nitrogens with one attached hydrogen (secondary N) is 1. The molecular weight excluding hydrogens is 397 g/mol. The molecule has 0 atom stereocenters. The van der Waals surface area contributed by atoms with E-state index in [0.717, 1.165) is 55.4 Å². The largest absolute Gasteiger partial charge is 0.382 e. The van der Waals surface area contributed by atoms with Gasteiger partial charge in [-0.3, -0.25) is 0 Å². The Morgan fingerprint density at radius 1 is 1.27 bits per heavy atom. The normalized spacial score (nSPS) is 15.7. The fraction of sp³-hybridized carbons (Fsp3) is 0.591. The van der Waals surface area contributed by atoms with E-state index >= 15 is 0 Å². The summed E-state index contributed by atoms with van der Waals surface area (Å²) >= 11 is 0. The second kappa shape index (κ2) is 9.94. The molecule has 0 aliphatic carbocycles. The number of nitrogens with zero attached hydrogens (tertiary/aromatic N) is 3. The first kappa shape index (κ1) is 22.8. The average Bonchev–Trinajstić information content (AvgIpc) is 3.03. The van der Waals surface area contributed by atoms with Gasteiger partial charge in [0.2, 0.25) is 0 Å². The molecule has 2 heterocycles. The smallest absolute Gasteiger partial charge is 0.150 e. The second-order valence-electron chi connectivity index (χ2n) is 9.47. The summed E-state index contributed by atoms with van der Waals surface area (Å²) in [7, 11) is -1.08. The number of anilines is 2. The third-order valence-electron chi connectivity index (χ3n) is 5.67. The highest BCUT2D eigenvalue weighted by atomic mass is 28.3. The third-order valence-corrected chi connectivity index (χ3v) is 7.38. The summed E-state index contributed by atoms with van der Waals surface area (Å²) in [6.45, 7) is 12.6. The van der Waals surface area contributed by atoms with Gasteiger partial charge in [-0.05, 0) is 37.4 Å². The van der Waals surface area contributed by atoms with E-state index in [1.54, 1.807) is 16.8 Å². The van der Waals surface area contributed by atoms with Gasteiger partial charge in [0, 0.05) is 52.1 Å². The third kappa shape index (κ3) is 6.30. The quantitative estimate of drug-likeness (QED) is 0.462. The van der Waals surface area contributed by atoms with Crippen LogP contribution in [0.25, 0.3) is 0 Å². The van der Waals surface area contributed by atoms with E-state index in [1.165, 1.54) is 0 Å². The van der Waals surface area contributed by atoms with Crippen LogP contribution in [0.3, 0.4) is 0 Å². The molecular formula is C22H36FN5OSi. The first-order valence-corrected chi connectivity index (χ1v) is 14.6. The molecule has 3 rings (SSSR count). The lowest BCUT2D eigenvalue weighted by Gasteiger charge is -2.35. The van der Waals surface area contributed by atoms with Crippen LogP contribution in [0.4, 0.5) is 15.9 Å². The molecule has 2 aromatic rings. The lowest BCUT2D eigenvalue weighted by Crippen LogP contribution is -2.42. The fourth-order valence-corrected chi connectivity index (χ4v) is 4.56. The van der Waals surface area contributed by atoms with Crippen molar-refractivity contribution in [2.45, 2.75) is 64.8 Å². The molecule has 0 amide bonds. The Morgan fingerprint density at radius 2 is 2.00 bits per heavy atom. The van der Waals surface area contributed by atoms with E-state index in [2.05, 4.69) is 35.0 Å². The number of rotatable bonds is 9. The van der Waals surface area contributed by atoms with Crippen LogP contribution in [-0.2, 0) is 18.0 Å². The zero-order valence-electron chi connectivity index (χ0n) is 18.7. The van der Waals surface area contributed by atoms with Crippen LogP contribution in [-0.4, -0.2) is 43.6 Å². The molecule has 0 unspecified atom stereocenters. The SMILES string of the molecule is Cc1cccc(F)c1N1CCC(NCc2cn(COCC[Si](C)(C)C)nc2N)CC1. The van der Waals surface area contributed by atoms with E-state index in [-0.39, 0.29) is 5.82 Å². The van der Waals surface area contributed by atoms with Gasteiger partial charge in [0.25, 0.3) is 0 Å². The molecule has 8 heteroatoms. The van der Waals surface area contributed by atoms with Crippen molar-refractivity contribution < 1.29 is 9.13 Å². The Labute approximate surface area is 180 Å². The summed E-state index contributed by atoms with van der Waals surface area (Å²) in [6, 6.07) is 6.82. The van der Waals surface area contributed by atoms with Crippen LogP contribution in [0, 0.1) is 12.7 Å². The molecule has 0 radical (unpaired) electrons. The average molecular weight is 434 g/mol. The number of aryl methyl sites for hydroxylation is 1. The summed E-state index contributed by atoms with van der Waals surface area (Å²) in [4.78, 5) is 2.16. The predicted molar refractivity (Wildman–Crippen MR) is 124 cm³/mol. The highest BCUT2D eigenvalue weighted by Crippen LogP contribution is 2.27. The van der Waals surface area contributed by atoms with Crippen molar-refractivity contribution in [2.24, 2.45) is 0 Å². The maximum Gasteiger partial charge on any atom is 0.150 e. The zero-order valence-corrected chi connectivity index (χ0v) is 19.7. The molecule has 3 N–H and O–H groups in total. The fourth-order valence-electron chi connectivity index (χ4n) is 3.80. The standard InChI is InChI=1S/C22H36FN5OSi/c1-17-6-5-7-20(23)21(17)27-10-8-19(9-11-27)25-14-18-15-28(26-22(18)24)16-29-12-13-30(2,3)4/h5-7,15,19,25H,8-14,16H2,1-4H3,(H2,24,26). The highest BCUT2D eigenvalue weighted by molar-refractivity contribution is 6.76. The Balaban J connectivity index is 1.44. The van der Waals surface area contributed by atoms with Gasteiger partial charge in [0.05, 0.1) is 5.69 Å². The summed E-state index contributed by atoms with van der Waals surface area (Å²) in [5, 5.41) is 7.96. The van der Waals surface area contributed by atoms with Gasteiger partial charge in [0.15, 0.2) is 0 Å². The van der Waals surface area contributed by atoms with E-state index in [4.69, 9.17) is 10.5 Å². The van der Waals surface area contributed by atoms with Crippen molar-refractivity contribution in [3.05, 3.63) is 41.3 Å². The van der Waals surface area contributed by atoms with Crippen molar-refractivity contribution in [1.29, 1.82) is 0 Å². The van der Waals surface area contributed by atoms with Gasteiger partial charge in [-0.1, -0.05) is 31.8 Å². The minimum atomic E-state index is -1.08. The van der Waals surface area contributed by atoms with Crippen molar-refractivity contribution >= 4 is 19.6 Å². The van der Waals surface area contributed by atoms with Crippen LogP contribution < -0.4 is 16.0 Å². The topological polar surface area (TPSA) is 68.3 Å². The summed E-state index contributed by atoms with van der Waals surface area (Å²) in [5.74, 6) is 0.421. The summed E-state index contributed by atoms with van der Waals surface area (Å²) in [5.41, 5.74) is 8.83. The Morgan fingerprint density at radius 3 is 2.67 bits per heavy atom. The number of para-hydroxylation sites is 1. The minimum Gasteiger partial charge on any atom is -0.382 e. The lowest BCUT2D eigenvalue weighted by molar-refractivity contribution is 0.0787.